The van der Waals surface area contributed by atoms with Crippen LogP contribution in [0, 0.1) is 5.92 Å². The first-order chi connectivity index (χ1) is 9.30. The number of likely N-dealkylation sites (N-methyl/N-ethyl adjacent to an activating group) is 2. The normalized spacial score (nSPS) is 17.1. The minimum absolute atomic E-state index is 0.147. The highest BCUT2D eigenvalue weighted by molar-refractivity contribution is 5.81. The Balaban J connectivity index is 4.72. The Morgan fingerprint density at radius 3 is 2.35 bits per heavy atom. The molecular formula is C14H29N3O3. The van der Waals surface area contributed by atoms with Crippen molar-refractivity contribution in [3.8, 4) is 0 Å². The van der Waals surface area contributed by atoms with Gasteiger partial charge in [0, 0.05) is 0 Å². The molecular weight excluding hydrogens is 258 g/mol. The number of carbonyl (C=O) groups is 2. The average Bonchev–Trinajstić information content (AvgIpc) is 2.36. The number of nitrogens with two attached hydrogens (primary N) is 1. The van der Waals surface area contributed by atoms with Gasteiger partial charge in [0.1, 0.15) is 5.54 Å². The molecule has 0 heterocycles. The summed E-state index contributed by atoms with van der Waals surface area (Å²) in [6.07, 6.45) is 1.18. The fraction of sp³-hybridized carbons (Fsp3) is 0.857. The maximum Gasteiger partial charge on any atom is 0.326 e. The Kier molecular flexibility index (Phi) is 8.41. The molecule has 0 aromatic carbocycles. The Bertz CT molecular complexity index is 323. The van der Waals surface area contributed by atoms with Gasteiger partial charge < -0.3 is 21.1 Å². The minimum Gasteiger partial charge on any atom is -0.465 e. The molecule has 0 bridgehead atoms. The highest BCUT2D eigenvalue weighted by Crippen LogP contribution is 2.22. The van der Waals surface area contributed by atoms with Crippen molar-refractivity contribution in [2.45, 2.75) is 52.1 Å². The molecule has 118 valence electrons. The second-order valence-electron chi connectivity index (χ2n) is 5.37. The molecule has 20 heavy (non-hydrogen) atoms. The Labute approximate surface area is 121 Å². The summed E-state index contributed by atoms with van der Waals surface area (Å²) in [5.41, 5.74) is 4.58. The predicted molar refractivity (Wildman–Crippen MR) is 79.2 cm³/mol. The fourth-order valence-corrected chi connectivity index (χ4v) is 2.47. The van der Waals surface area contributed by atoms with Gasteiger partial charge >= 0.3 is 5.97 Å². The summed E-state index contributed by atoms with van der Waals surface area (Å²) in [4.78, 5) is 23.3. The summed E-state index contributed by atoms with van der Waals surface area (Å²) in [6.45, 7) is 8.60. The van der Waals surface area contributed by atoms with E-state index in [1.54, 1.807) is 14.0 Å². The standard InChI is InChI=1S/C14H29N3O3/c1-6-17-14(4,13(19)20-7-2)9-10(3)8-11(16-5)12(15)18/h10-11,16-17H,6-9H2,1-5H3,(H2,15,18). The second-order valence-corrected chi connectivity index (χ2v) is 5.37. The van der Waals surface area contributed by atoms with Crippen molar-refractivity contribution in [2.75, 3.05) is 20.2 Å². The molecule has 0 aliphatic rings. The van der Waals surface area contributed by atoms with Gasteiger partial charge in [-0.25, -0.2) is 0 Å². The molecule has 0 saturated heterocycles. The summed E-state index contributed by atoms with van der Waals surface area (Å²) in [5, 5.41) is 6.08. The zero-order valence-corrected chi connectivity index (χ0v) is 13.3. The van der Waals surface area contributed by atoms with Gasteiger partial charge in [-0.05, 0) is 46.2 Å². The van der Waals surface area contributed by atoms with E-state index in [0.717, 1.165) is 0 Å². The largest absolute Gasteiger partial charge is 0.465 e. The number of hydrogen-bond donors (Lipinski definition) is 3. The van der Waals surface area contributed by atoms with Crippen molar-refractivity contribution in [3.63, 3.8) is 0 Å². The second kappa shape index (κ2) is 8.92. The number of carbonyl (C=O) groups excluding carboxylic acids is 2. The van der Waals surface area contributed by atoms with E-state index in [2.05, 4.69) is 10.6 Å². The number of hydrogen-bond acceptors (Lipinski definition) is 5. The van der Waals surface area contributed by atoms with Gasteiger partial charge in [-0.2, -0.15) is 0 Å². The smallest absolute Gasteiger partial charge is 0.326 e. The van der Waals surface area contributed by atoms with Crippen LogP contribution in [0.4, 0.5) is 0 Å². The van der Waals surface area contributed by atoms with Gasteiger partial charge in [0.2, 0.25) is 5.91 Å². The molecule has 6 heteroatoms. The number of nitrogens with one attached hydrogen (secondary N) is 2. The first-order valence-corrected chi connectivity index (χ1v) is 7.19. The maximum atomic E-state index is 12.1. The topological polar surface area (TPSA) is 93.5 Å². The van der Waals surface area contributed by atoms with Gasteiger partial charge in [-0.15, -0.1) is 0 Å². The van der Waals surface area contributed by atoms with Gasteiger partial charge in [-0.3, -0.25) is 9.59 Å². The van der Waals surface area contributed by atoms with Crippen molar-refractivity contribution in [2.24, 2.45) is 11.7 Å². The van der Waals surface area contributed by atoms with Crippen LogP contribution in [0.1, 0.15) is 40.5 Å². The van der Waals surface area contributed by atoms with E-state index < -0.39 is 5.54 Å². The van der Waals surface area contributed by atoms with Gasteiger partial charge in [0.15, 0.2) is 0 Å². The van der Waals surface area contributed by atoms with Crippen LogP contribution in [0.5, 0.6) is 0 Å². The maximum absolute atomic E-state index is 12.1. The molecule has 0 aromatic rings. The molecule has 0 aromatic heterocycles. The first-order valence-electron chi connectivity index (χ1n) is 7.19. The quantitative estimate of drug-likeness (QED) is 0.506. The van der Waals surface area contributed by atoms with Crippen LogP contribution in [-0.2, 0) is 14.3 Å². The summed E-state index contributed by atoms with van der Waals surface area (Å²) in [7, 11) is 1.71. The predicted octanol–water partition coefficient (Wildman–Crippen LogP) is 0.407. The lowest BCUT2D eigenvalue weighted by molar-refractivity contribution is -0.151. The van der Waals surface area contributed by atoms with Crippen LogP contribution >= 0.6 is 0 Å². The molecule has 3 atom stereocenters. The van der Waals surface area contributed by atoms with Crippen molar-refractivity contribution < 1.29 is 14.3 Å². The van der Waals surface area contributed by atoms with E-state index in [9.17, 15) is 9.59 Å². The zero-order chi connectivity index (χ0) is 15.8. The van der Waals surface area contributed by atoms with Crippen LogP contribution in [0.15, 0.2) is 0 Å². The summed E-state index contributed by atoms with van der Waals surface area (Å²) in [5.74, 6) is -0.483. The monoisotopic (exact) mass is 287 g/mol. The number of esters is 1. The number of rotatable bonds is 10. The molecule has 1 amide bonds. The molecule has 0 aliphatic heterocycles. The number of amides is 1. The Hall–Kier alpha value is -1.14. The summed E-state index contributed by atoms with van der Waals surface area (Å²) >= 11 is 0. The number of ether oxygens (including phenoxy) is 1. The van der Waals surface area contributed by atoms with Crippen molar-refractivity contribution in [3.05, 3.63) is 0 Å². The summed E-state index contributed by atoms with van der Waals surface area (Å²) in [6, 6.07) is -0.377. The average molecular weight is 287 g/mol. The fourth-order valence-electron chi connectivity index (χ4n) is 2.47. The first kappa shape index (κ1) is 18.9. The van der Waals surface area contributed by atoms with Gasteiger partial charge in [0.25, 0.3) is 0 Å². The van der Waals surface area contributed by atoms with Crippen LogP contribution in [0.3, 0.4) is 0 Å². The summed E-state index contributed by atoms with van der Waals surface area (Å²) < 4.78 is 5.13. The molecule has 0 saturated carbocycles. The highest BCUT2D eigenvalue weighted by Gasteiger charge is 2.36. The molecule has 0 spiro atoms. The van der Waals surface area contributed by atoms with Crippen LogP contribution in [0.2, 0.25) is 0 Å². The Morgan fingerprint density at radius 2 is 1.95 bits per heavy atom. The third-order valence-electron chi connectivity index (χ3n) is 3.38. The lowest BCUT2D eigenvalue weighted by Crippen LogP contribution is -2.52. The van der Waals surface area contributed by atoms with Crippen molar-refractivity contribution in [1.82, 2.24) is 10.6 Å². The Morgan fingerprint density at radius 1 is 1.35 bits per heavy atom. The molecule has 3 unspecified atom stereocenters. The van der Waals surface area contributed by atoms with E-state index in [-0.39, 0.29) is 23.8 Å². The lowest BCUT2D eigenvalue weighted by Gasteiger charge is -2.31. The number of primary amides is 1. The van der Waals surface area contributed by atoms with E-state index >= 15 is 0 Å². The van der Waals surface area contributed by atoms with E-state index in [1.165, 1.54) is 0 Å². The van der Waals surface area contributed by atoms with Gasteiger partial charge in [-0.1, -0.05) is 13.8 Å². The third kappa shape index (κ3) is 5.88. The van der Waals surface area contributed by atoms with E-state index in [0.29, 0.717) is 26.0 Å². The van der Waals surface area contributed by atoms with E-state index in [4.69, 9.17) is 10.5 Å². The molecule has 4 N–H and O–H groups in total. The molecule has 0 aliphatic carbocycles. The third-order valence-corrected chi connectivity index (χ3v) is 3.38. The molecule has 0 rings (SSSR count). The zero-order valence-electron chi connectivity index (χ0n) is 13.3. The van der Waals surface area contributed by atoms with Crippen LogP contribution in [0.25, 0.3) is 0 Å². The molecule has 0 fully saturated rings. The van der Waals surface area contributed by atoms with Crippen LogP contribution in [-0.4, -0.2) is 43.7 Å². The van der Waals surface area contributed by atoms with Crippen LogP contribution < -0.4 is 16.4 Å². The molecule has 6 nitrogen and oxygen atoms in total. The van der Waals surface area contributed by atoms with Crippen molar-refractivity contribution in [1.29, 1.82) is 0 Å². The van der Waals surface area contributed by atoms with E-state index in [1.807, 2.05) is 20.8 Å². The van der Waals surface area contributed by atoms with Crippen molar-refractivity contribution >= 4 is 11.9 Å². The molecule has 0 radical (unpaired) electrons. The SMILES string of the molecule is CCNC(C)(CC(C)CC(NC)C(N)=O)C(=O)OCC. The highest BCUT2D eigenvalue weighted by atomic mass is 16.5. The van der Waals surface area contributed by atoms with Gasteiger partial charge in [0.05, 0.1) is 12.6 Å². The lowest BCUT2D eigenvalue weighted by atomic mass is 9.86. The minimum atomic E-state index is -0.736.